The predicted octanol–water partition coefficient (Wildman–Crippen LogP) is 2.85. The SMILES string of the molecule is CC(C)(C)N(O)/C=C1/C=NC(c2ccccc2)=N1. The van der Waals surface area contributed by atoms with Crippen LogP contribution in [0.4, 0.5) is 0 Å². The maximum absolute atomic E-state index is 9.83. The molecule has 18 heavy (non-hydrogen) atoms. The molecule has 1 heterocycles. The number of allylic oxidation sites excluding steroid dienone is 1. The van der Waals surface area contributed by atoms with Gasteiger partial charge in [-0.3, -0.25) is 10.3 Å². The van der Waals surface area contributed by atoms with Gasteiger partial charge >= 0.3 is 0 Å². The molecule has 0 saturated heterocycles. The molecule has 2 rings (SSSR count). The van der Waals surface area contributed by atoms with E-state index in [1.54, 1.807) is 12.4 Å². The highest BCUT2D eigenvalue weighted by Gasteiger charge is 2.17. The van der Waals surface area contributed by atoms with Crippen LogP contribution in [0.15, 0.2) is 52.2 Å². The zero-order valence-electron chi connectivity index (χ0n) is 10.8. The Kier molecular flexibility index (Phi) is 3.30. The van der Waals surface area contributed by atoms with Crippen molar-refractivity contribution in [3.8, 4) is 0 Å². The van der Waals surface area contributed by atoms with E-state index in [9.17, 15) is 5.21 Å². The highest BCUT2D eigenvalue weighted by atomic mass is 16.5. The Hall–Kier alpha value is -1.94. The van der Waals surface area contributed by atoms with Gasteiger partial charge in [0.25, 0.3) is 0 Å². The van der Waals surface area contributed by atoms with Crippen molar-refractivity contribution in [2.75, 3.05) is 0 Å². The number of aliphatic imine (C=N–C) groups is 2. The maximum atomic E-state index is 9.83. The summed E-state index contributed by atoms with van der Waals surface area (Å²) >= 11 is 0. The van der Waals surface area contributed by atoms with Crippen LogP contribution in [0.5, 0.6) is 0 Å². The second-order valence-corrected chi connectivity index (χ2v) is 5.13. The number of rotatable bonds is 2. The molecule has 1 aromatic carbocycles. The molecule has 94 valence electrons. The van der Waals surface area contributed by atoms with Crippen molar-refractivity contribution in [2.45, 2.75) is 26.3 Å². The topological polar surface area (TPSA) is 48.2 Å². The minimum absolute atomic E-state index is 0.355. The Morgan fingerprint density at radius 3 is 2.44 bits per heavy atom. The molecule has 0 amide bonds. The van der Waals surface area contributed by atoms with E-state index in [0.717, 1.165) is 10.6 Å². The molecule has 1 N–H and O–H groups in total. The van der Waals surface area contributed by atoms with Crippen LogP contribution < -0.4 is 0 Å². The van der Waals surface area contributed by atoms with Crippen LogP contribution in [-0.2, 0) is 0 Å². The molecule has 0 atom stereocenters. The number of nitrogens with zero attached hydrogens (tertiary/aromatic N) is 3. The third-order valence-corrected chi connectivity index (χ3v) is 2.53. The molecular weight excluding hydrogens is 226 g/mol. The second kappa shape index (κ2) is 4.74. The summed E-state index contributed by atoms with van der Waals surface area (Å²) in [5.41, 5.74) is 1.26. The van der Waals surface area contributed by atoms with Crippen LogP contribution in [-0.4, -0.2) is 27.9 Å². The first kappa shape index (κ1) is 12.5. The van der Waals surface area contributed by atoms with Gasteiger partial charge in [0, 0.05) is 5.56 Å². The van der Waals surface area contributed by atoms with Gasteiger partial charge in [-0.2, -0.15) is 0 Å². The van der Waals surface area contributed by atoms with Crippen molar-refractivity contribution in [1.29, 1.82) is 0 Å². The van der Waals surface area contributed by atoms with E-state index in [0.29, 0.717) is 11.5 Å². The van der Waals surface area contributed by atoms with Crippen LogP contribution >= 0.6 is 0 Å². The average Bonchev–Trinajstić information content (AvgIpc) is 2.77. The molecular formula is C14H17N3O. The van der Waals surface area contributed by atoms with E-state index in [-0.39, 0.29) is 5.54 Å². The summed E-state index contributed by atoms with van der Waals surface area (Å²) in [4.78, 5) is 8.61. The minimum atomic E-state index is -0.355. The first-order chi connectivity index (χ1) is 8.47. The van der Waals surface area contributed by atoms with Crippen molar-refractivity contribution in [2.24, 2.45) is 9.98 Å². The minimum Gasteiger partial charge on any atom is -0.288 e. The van der Waals surface area contributed by atoms with Gasteiger partial charge in [0.05, 0.1) is 18.0 Å². The van der Waals surface area contributed by atoms with Gasteiger partial charge in [-0.15, -0.1) is 0 Å². The van der Waals surface area contributed by atoms with Crippen molar-refractivity contribution >= 4 is 12.1 Å². The van der Waals surface area contributed by atoms with E-state index < -0.39 is 0 Å². The fourth-order valence-corrected chi connectivity index (χ4v) is 1.41. The Morgan fingerprint density at radius 1 is 1.17 bits per heavy atom. The highest BCUT2D eigenvalue weighted by Crippen LogP contribution is 2.15. The number of hydrogen-bond donors (Lipinski definition) is 1. The highest BCUT2D eigenvalue weighted by molar-refractivity contribution is 6.10. The van der Waals surface area contributed by atoms with E-state index in [1.165, 1.54) is 0 Å². The lowest BCUT2D eigenvalue weighted by Crippen LogP contribution is -2.34. The van der Waals surface area contributed by atoms with Crippen LogP contribution in [0.1, 0.15) is 26.3 Å². The summed E-state index contributed by atoms with van der Waals surface area (Å²) in [7, 11) is 0. The van der Waals surface area contributed by atoms with E-state index >= 15 is 0 Å². The lowest BCUT2D eigenvalue weighted by atomic mass is 10.1. The first-order valence-electron chi connectivity index (χ1n) is 5.85. The number of hydrogen-bond acceptors (Lipinski definition) is 4. The van der Waals surface area contributed by atoms with Crippen molar-refractivity contribution < 1.29 is 5.21 Å². The molecule has 0 saturated carbocycles. The Labute approximate surface area is 107 Å². The predicted molar refractivity (Wildman–Crippen MR) is 72.9 cm³/mol. The molecule has 1 aromatic rings. The normalized spacial score (nSPS) is 17.1. The fraction of sp³-hybridized carbons (Fsp3) is 0.286. The zero-order chi connectivity index (χ0) is 13.2. The van der Waals surface area contributed by atoms with Crippen molar-refractivity contribution in [3.63, 3.8) is 0 Å². The first-order valence-corrected chi connectivity index (χ1v) is 5.85. The average molecular weight is 243 g/mol. The molecule has 4 nitrogen and oxygen atoms in total. The van der Waals surface area contributed by atoms with E-state index in [1.807, 2.05) is 51.1 Å². The summed E-state index contributed by atoms with van der Waals surface area (Å²) in [6.07, 6.45) is 3.23. The summed E-state index contributed by atoms with van der Waals surface area (Å²) in [5, 5.41) is 11.0. The fourth-order valence-electron chi connectivity index (χ4n) is 1.41. The molecule has 0 fully saturated rings. The van der Waals surface area contributed by atoms with Gasteiger partial charge < -0.3 is 0 Å². The number of benzene rings is 1. The molecule has 0 radical (unpaired) electrons. The molecule has 0 aliphatic carbocycles. The summed E-state index contributed by atoms with van der Waals surface area (Å²) < 4.78 is 0. The van der Waals surface area contributed by atoms with Crippen molar-refractivity contribution in [3.05, 3.63) is 47.8 Å². The van der Waals surface area contributed by atoms with E-state index in [2.05, 4.69) is 9.98 Å². The number of amidine groups is 1. The Bertz CT molecular complexity index is 510. The van der Waals surface area contributed by atoms with Gasteiger partial charge in [0.2, 0.25) is 0 Å². The van der Waals surface area contributed by atoms with Gasteiger partial charge in [-0.1, -0.05) is 30.3 Å². The monoisotopic (exact) mass is 243 g/mol. The van der Waals surface area contributed by atoms with Gasteiger partial charge in [-0.05, 0) is 20.8 Å². The molecule has 1 aliphatic heterocycles. The van der Waals surface area contributed by atoms with Gasteiger partial charge in [0.15, 0.2) is 5.84 Å². The largest absolute Gasteiger partial charge is 0.288 e. The van der Waals surface area contributed by atoms with Crippen LogP contribution in [0, 0.1) is 0 Å². The number of hydroxylamine groups is 2. The third kappa shape index (κ3) is 2.84. The van der Waals surface area contributed by atoms with Crippen LogP contribution in [0.25, 0.3) is 0 Å². The van der Waals surface area contributed by atoms with E-state index in [4.69, 9.17) is 0 Å². The summed E-state index contributed by atoms with van der Waals surface area (Å²) in [5.74, 6) is 0.671. The standard InChI is InChI=1S/C14H17N3O/c1-14(2,3)17(18)10-12-9-15-13(16-12)11-7-5-4-6-8-11/h4-10,18H,1-3H3/b12-10-. The molecule has 0 aromatic heterocycles. The van der Waals surface area contributed by atoms with Crippen LogP contribution in [0.3, 0.4) is 0 Å². The van der Waals surface area contributed by atoms with Crippen LogP contribution in [0.2, 0.25) is 0 Å². The molecule has 4 heteroatoms. The second-order valence-electron chi connectivity index (χ2n) is 5.13. The molecule has 1 aliphatic rings. The van der Waals surface area contributed by atoms with Gasteiger partial charge in [0.1, 0.15) is 5.70 Å². The Balaban J connectivity index is 2.20. The van der Waals surface area contributed by atoms with Crippen molar-refractivity contribution in [1.82, 2.24) is 5.06 Å². The molecule has 0 unspecified atom stereocenters. The maximum Gasteiger partial charge on any atom is 0.159 e. The molecule has 0 bridgehead atoms. The smallest absolute Gasteiger partial charge is 0.159 e. The summed E-state index contributed by atoms with van der Waals surface area (Å²) in [6.45, 7) is 5.74. The molecule has 0 spiro atoms. The zero-order valence-corrected chi connectivity index (χ0v) is 10.8. The third-order valence-electron chi connectivity index (χ3n) is 2.53. The lowest BCUT2D eigenvalue weighted by molar-refractivity contribution is -0.110. The quantitative estimate of drug-likeness (QED) is 0.812. The summed E-state index contributed by atoms with van der Waals surface area (Å²) in [6, 6.07) is 9.76. The Morgan fingerprint density at radius 2 is 1.83 bits per heavy atom. The lowest BCUT2D eigenvalue weighted by Gasteiger charge is -2.27. The van der Waals surface area contributed by atoms with Gasteiger partial charge in [-0.25, -0.2) is 9.98 Å².